The third kappa shape index (κ3) is 5.47. The first-order valence-corrected chi connectivity index (χ1v) is 10.8. The molecular formula is C23H26N2O7S. The molecule has 1 aromatic heterocycles. The van der Waals surface area contributed by atoms with E-state index < -0.39 is 6.09 Å². The van der Waals surface area contributed by atoms with Crippen molar-refractivity contribution >= 4 is 23.3 Å². The summed E-state index contributed by atoms with van der Waals surface area (Å²) in [4.78, 5) is 12.1. The number of hydrogen-bond donors (Lipinski definition) is 1. The van der Waals surface area contributed by atoms with E-state index in [4.69, 9.17) is 28.4 Å². The molecule has 3 rings (SSSR count). The van der Waals surface area contributed by atoms with Crippen LogP contribution in [0.1, 0.15) is 0 Å². The fourth-order valence-electron chi connectivity index (χ4n) is 3.20. The number of nitrogens with zero attached hydrogens (tertiary/aromatic N) is 1. The van der Waals surface area contributed by atoms with Crippen molar-refractivity contribution in [3.05, 3.63) is 35.7 Å². The first-order chi connectivity index (χ1) is 16.1. The number of carbonyl (C=O) groups excluding carboxylic acids is 1. The van der Waals surface area contributed by atoms with E-state index in [0.717, 1.165) is 22.4 Å². The topological polar surface area (TPSA) is 97.4 Å². The third-order valence-corrected chi connectivity index (χ3v) is 5.40. The monoisotopic (exact) mass is 474 g/mol. The lowest BCUT2D eigenvalue weighted by Gasteiger charge is -2.15. The normalized spacial score (nSPS) is 10.5. The van der Waals surface area contributed by atoms with E-state index in [1.165, 1.54) is 25.8 Å². The minimum Gasteiger partial charge on any atom is -0.495 e. The van der Waals surface area contributed by atoms with Crippen LogP contribution in [0.2, 0.25) is 0 Å². The molecule has 0 aliphatic heterocycles. The fourth-order valence-corrected chi connectivity index (χ4v) is 3.92. The molecule has 0 saturated heterocycles. The van der Waals surface area contributed by atoms with Gasteiger partial charge in [0.2, 0.25) is 5.75 Å². The Morgan fingerprint density at radius 1 is 0.879 bits per heavy atom. The van der Waals surface area contributed by atoms with E-state index in [-0.39, 0.29) is 6.61 Å². The Bertz CT molecular complexity index is 1080. The quantitative estimate of drug-likeness (QED) is 0.422. The minimum absolute atomic E-state index is 0.143. The number of hydrogen-bond acceptors (Lipinski definition) is 9. The maximum absolute atomic E-state index is 12.1. The van der Waals surface area contributed by atoms with Gasteiger partial charge in [-0.1, -0.05) is 6.07 Å². The van der Waals surface area contributed by atoms with E-state index >= 15 is 0 Å². The fraction of sp³-hybridized carbons (Fsp3) is 0.304. The Kier molecular flexibility index (Phi) is 8.34. The molecule has 0 atom stereocenters. The zero-order chi connectivity index (χ0) is 23.8. The summed E-state index contributed by atoms with van der Waals surface area (Å²) in [6.45, 7) is 0.452. The lowest BCUT2D eigenvalue weighted by molar-refractivity contribution is 0.107. The number of ether oxygens (including phenoxy) is 6. The predicted octanol–water partition coefficient (Wildman–Crippen LogP) is 4.71. The number of carbonyl (C=O) groups is 1. The van der Waals surface area contributed by atoms with Gasteiger partial charge in [-0.25, -0.2) is 4.79 Å². The molecule has 1 N–H and O–H groups in total. The molecule has 0 aliphatic carbocycles. The molecule has 0 fully saturated rings. The van der Waals surface area contributed by atoms with Crippen molar-refractivity contribution < 1.29 is 33.2 Å². The van der Waals surface area contributed by atoms with Crippen molar-refractivity contribution in [2.24, 2.45) is 0 Å². The van der Waals surface area contributed by atoms with E-state index in [1.54, 1.807) is 27.4 Å². The standard InChI is InChI=1S/C23H26N2O7S/c1-27-8-9-32-23(26)24-17-10-14(6-7-18(17)28-2)16-13-33-25-21(16)15-11-19(29-3)22(31-5)20(12-15)30-4/h6-7,10-13H,8-9H2,1-5H3,(H,24,26). The SMILES string of the molecule is COCCOC(=O)Nc1cc(-c2csnc2-c2cc(OC)c(OC)c(OC)c2)ccc1OC. The summed E-state index contributed by atoms with van der Waals surface area (Å²) >= 11 is 1.32. The van der Waals surface area contributed by atoms with Crippen molar-refractivity contribution in [1.29, 1.82) is 0 Å². The Hall–Kier alpha value is -3.50. The third-order valence-electron chi connectivity index (χ3n) is 4.78. The second-order valence-electron chi connectivity index (χ2n) is 6.66. The van der Waals surface area contributed by atoms with E-state index in [0.29, 0.717) is 35.3 Å². The molecule has 176 valence electrons. The van der Waals surface area contributed by atoms with Crippen LogP contribution in [0.3, 0.4) is 0 Å². The Balaban J connectivity index is 1.99. The first kappa shape index (κ1) is 24.1. The van der Waals surface area contributed by atoms with Gasteiger partial charge in [-0.15, -0.1) is 0 Å². The van der Waals surface area contributed by atoms with Crippen LogP contribution in [0.25, 0.3) is 22.4 Å². The van der Waals surface area contributed by atoms with Gasteiger partial charge in [0, 0.05) is 23.6 Å². The number of nitrogens with one attached hydrogen (secondary N) is 1. The van der Waals surface area contributed by atoms with Gasteiger partial charge in [-0.05, 0) is 41.4 Å². The second kappa shape index (κ2) is 11.4. The maximum Gasteiger partial charge on any atom is 0.411 e. The van der Waals surface area contributed by atoms with Gasteiger partial charge in [0.05, 0.1) is 46.4 Å². The molecule has 0 radical (unpaired) electrons. The molecule has 33 heavy (non-hydrogen) atoms. The molecule has 0 aliphatic rings. The highest BCUT2D eigenvalue weighted by molar-refractivity contribution is 7.04. The number of anilines is 1. The van der Waals surface area contributed by atoms with Crippen LogP contribution >= 0.6 is 11.5 Å². The van der Waals surface area contributed by atoms with Crippen molar-refractivity contribution in [3.63, 3.8) is 0 Å². The Labute approximate surface area is 196 Å². The zero-order valence-electron chi connectivity index (χ0n) is 19.1. The molecular weight excluding hydrogens is 448 g/mol. The number of benzene rings is 2. The van der Waals surface area contributed by atoms with Crippen molar-refractivity contribution in [1.82, 2.24) is 4.37 Å². The smallest absolute Gasteiger partial charge is 0.411 e. The van der Waals surface area contributed by atoms with Gasteiger partial charge in [0.25, 0.3) is 0 Å². The van der Waals surface area contributed by atoms with Gasteiger partial charge >= 0.3 is 6.09 Å². The van der Waals surface area contributed by atoms with Crippen LogP contribution < -0.4 is 24.3 Å². The van der Waals surface area contributed by atoms with Crippen molar-refractivity contribution in [3.8, 4) is 45.4 Å². The highest BCUT2D eigenvalue weighted by Gasteiger charge is 2.19. The van der Waals surface area contributed by atoms with Gasteiger partial charge in [-0.2, -0.15) is 4.37 Å². The number of methoxy groups -OCH3 is 5. The van der Waals surface area contributed by atoms with Gasteiger partial charge in [-0.3, -0.25) is 5.32 Å². The van der Waals surface area contributed by atoms with Crippen LogP contribution in [0, 0.1) is 0 Å². The van der Waals surface area contributed by atoms with Crippen molar-refractivity contribution in [2.75, 3.05) is 54.1 Å². The highest BCUT2D eigenvalue weighted by Crippen LogP contribution is 2.44. The van der Waals surface area contributed by atoms with E-state index in [1.807, 2.05) is 29.6 Å². The summed E-state index contributed by atoms with van der Waals surface area (Å²) in [6, 6.07) is 9.16. The van der Waals surface area contributed by atoms with E-state index in [9.17, 15) is 4.79 Å². The van der Waals surface area contributed by atoms with Crippen molar-refractivity contribution in [2.45, 2.75) is 0 Å². The summed E-state index contributed by atoms with van der Waals surface area (Å²) in [5, 5.41) is 4.65. The molecule has 9 nitrogen and oxygen atoms in total. The average molecular weight is 475 g/mol. The summed E-state index contributed by atoms with van der Waals surface area (Å²) < 4.78 is 36.4. The Morgan fingerprint density at radius 2 is 1.58 bits per heavy atom. The minimum atomic E-state index is -0.601. The highest BCUT2D eigenvalue weighted by atomic mass is 32.1. The molecule has 0 saturated carbocycles. The molecule has 0 bridgehead atoms. The molecule has 0 spiro atoms. The van der Waals surface area contributed by atoms with Gasteiger partial charge in [0.1, 0.15) is 12.4 Å². The number of amides is 1. The van der Waals surface area contributed by atoms with E-state index in [2.05, 4.69) is 9.69 Å². The first-order valence-electron chi connectivity index (χ1n) is 9.92. The molecule has 10 heteroatoms. The number of aromatic nitrogens is 1. The van der Waals surface area contributed by atoms with Gasteiger partial charge < -0.3 is 28.4 Å². The van der Waals surface area contributed by atoms with Gasteiger partial charge in [0.15, 0.2) is 11.5 Å². The van der Waals surface area contributed by atoms with Crippen LogP contribution in [-0.2, 0) is 9.47 Å². The summed E-state index contributed by atoms with van der Waals surface area (Å²) in [7, 11) is 7.75. The largest absolute Gasteiger partial charge is 0.495 e. The average Bonchev–Trinajstić information content (AvgIpc) is 3.33. The molecule has 1 amide bonds. The molecule has 0 unspecified atom stereocenters. The van der Waals surface area contributed by atoms with Crippen LogP contribution in [0.4, 0.5) is 10.5 Å². The van der Waals surface area contributed by atoms with Crippen LogP contribution in [0.15, 0.2) is 35.7 Å². The summed E-state index contributed by atoms with van der Waals surface area (Å²) in [5.74, 6) is 2.06. The summed E-state index contributed by atoms with van der Waals surface area (Å²) in [6.07, 6.45) is -0.601. The van der Waals surface area contributed by atoms with Crippen LogP contribution in [0.5, 0.6) is 23.0 Å². The predicted molar refractivity (Wildman–Crippen MR) is 126 cm³/mol. The summed E-state index contributed by atoms with van der Waals surface area (Å²) in [5.41, 5.74) is 3.70. The lowest BCUT2D eigenvalue weighted by atomic mass is 10.0. The second-order valence-corrected chi connectivity index (χ2v) is 7.29. The zero-order valence-corrected chi connectivity index (χ0v) is 19.9. The Morgan fingerprint density at radius 3 is 2.18 bits per heavy atom. The lowest BCUT2D eigenvalue weighted by Crippen LogP contribution is -2.16. The molecule has 3 aromatic rings. The number of rotatable bonds is 10. The van der Waals surface area contributed by atoms with Crippen LogP contribution in [-0.4, -0.2) is 59.2 Å². The maximum atomic E-state index is 12.1. The molecule has 1 heterocycles. The molecule has 2 aromatic carbocycles.